The molecule has 2 aromatic carbocycles. The van der Waals surface area contributed by atoms with Gasteiger partial charge in [0.2, 0.25) is 11.8 Å². The average molecular weight is 530 g/mol. The van der Waals surface area contributed by atoms with Gasteiger partial charge in [0.25, 0.3) is 0 Å². The Morgan fingerprint density at radius 1 is 1.05 bits per heavy atom. The van der Waals surface area contributed by atoms with Crippen LogP contribution in [-0.4, -0.2) is 43.4 Å². The molecule has 5 nitrogen and oxygen atoms in total. The molecule has 2 aromatic rings. The molecule has 1 aliphatic heterocycles. The largest absolute Gasteiger partial charge is 0.416 e. The van der Waals surface area contributed by atoms with E-state index < -0.39 is 46.4 Å². The van der Waals surface area contributed by atoms with Crippen LogP contribution in [0.4, 0.5) is 37.7 Å². The molecule has 1 saturated heterocycles. The van der Waals surface area contributed by atoms with Crippen LogP contribution in [0.15, 0.2) is 36.4 Å². The maximum Gasteiger partial charge on any atom is 0.416 e. The minimum atomic E-state index is -5.06. The topological polar surface area (TPSA) is 52.7 Å². The molecule has 3 rings (SSSR count). The van der Waals surface area contributed by atoms with Gasteiger partial charge in [-0.1, -0.05) is 32.0 Å². The predicted octanol–water partition coefficient (Wildman–Crippen LogP) is 5.90. The molecule has 1 aliphatic rings. The normalized spacial score (nSPS) is 20.6. The Hall–Kier alpha value is -3.08. The summed E-state index contributed by atoms with van der Waals surface area (Å²) in [5, 5.41) is 2.29. The summed E-state index contributed by atoms with van der Waals surface area (Å²) in [6.07, 6.45) is -10.1. The van der Waals surface area contributed by atoms with Crippen molar-refractivity contribution in [1.82, 2.24) is 4.90 Å². The number of benzene rings is 2. The van der Waals surface area contributed by atoms with Crippen LogP contribution >= 0.6 is 0 Å². The van der Waals surface area contributed by atoms with E-state index in [1.165, 1.54) is 4.90 Å². The molecular weight excluding hydrogens is 500 g/mol. The van der Waals surface area contributed by atoms with Gasteiger partial charge in [-0.2, -0.15) is 26.3 Å². The van der Waals surface area contributed by atoms with E-state index in [0.717, 1.165) is 11.1 Å². The maximum absolute atomic E-state index is 13.7. The molecule has 0 aromatic heterocycles. The molecule has 0 aliphatic carbocycles. The minimum Gasteiger partial charge on any atom is -0.325 e. The number of carbonyl (C=O) groups is 2. The van der Waals surface area contributed by atoms with Crippen LogP contribution in [0.2, 0.25) is 0 Å². The average Bonchev–Trinajstić information content (AvgIpc) is 3.03. The van der Waals surface area contributed by atoms with Gasteiger partial charge in [0.05, 0.1) is 22.5 Å². The van der Waals surface area contributed by atoms with Crippen molar-refractivity contribution in [2.45, 2.75) is 40.0 Å². The van der Waals surface area contributed by atoms with Crippen molar-refractivity contribution in [3.05, 3.63) is 58.7 Å². The number of alkyl halides is 6. The molecule has 1 fully saturated rings. The molecule has 2 amide bonds. The third kappa shape index (κ3) is 5.61. The summed E-state index contributed by atoms with van der Waals surface area (Å²) < 4.78 is 80.1. The first kappa shape index (κ1) is 28.5. The standard InChI is InChI=1S/C26H29F6N3O2/c1-6-34(5)13-24(14-35(22(36)17(24)4)21-15(2)8-7-9-16(21)3)23(37)33-20-11-18(25(27,28)29)10-19(12-20)26(30,31)32/h7-12,17H,6,13-14H2,1-5H3,(H,33,37)/t17-,24+/m1/s1. The van der Waals surface area contributed by atoms with Crippen molar-refractivity contribution in [3.63, 3.8) is 0 Å². The van der Waals surface area contributed by atoms with Crippen molar-refractivity contribution in [2.24, 2.45) is 11.3 Å². The second kappa shape index (κ2) is 10.00. The van der Waals surface area contributed by atoms with Crippen molar-refractivity contribution in [1.29, 1.82) is 0 Å². The van der Waals surface area contributed by atoms with Gasteiger partial charge in [-0.15, -0.1) is 0 Å². The van der Waals surface area contributed by atoms with E-state index in [1.54, 1.807) is 18.9 Å². The Morgan fingerprint density at radius 3 is 2.03 bits per heavy atom. The lowest BCUT2D eigenvalue weighted by Gasteiger charge is -2.34. The summed E-state index contributed by atoms with van der Waals surface area (Å²) in [6.45, 7) is 7.51. The summed E-state index contributed by atoms with van der Waals surface area (Å²) in [4.78, 5) is 30.5. The molecule has 2 atom stereocenters. The molecule has 37 heavy (non-hydrogen) atoms. The second-order valence-electron chi connectivity index (χ2n) is 9.62. The van der Waals surface area contributed by atoms with E-state index in [9.17, 15) is 35.9 Å². The lowest BCUT2D eigenvalue weighted by molar-refractivity contribution is -0.143. The van der Waals surface area contributed by atoms with Gasteiger partial charge in [0.1, 0.15) is 0 Å². The highest BCUT2D eigenvalue weighted by molar-refractivity contribution is 6.08. The zero-order chi connectivity index (χ0) is 27.9. The smallest absolute Gasteiger partial charge is 0.325 e. The predicted molar refractivity (Wildman–Crippen MR) is 128 cm³/mol. The summed E-state index contributed by atoms with van der Waals surface area (Å²) >= 11 is 0. The van der Waals surface area contributed by atoms with Gasteiger partial charge in [-0.25, -0.2) is 0 Å². The first-order valence-corrected chi connectivity index (χ1v) is 11.7. The SMILES string of the molecule is CCN(C)C[C@]1(C(=O)Nc2cc(C(F)(F)F)cc(C(F)(F)F)c2)CN(c2c(C)cccc2C)C(=O)[C@H]1C. The Labute approximate surface area is 211 Å². The third-order valence-corrected chi connectivity index (χ3v) is 7.00. The highest BCUT2D eigenvalue weighted by Gasteiger charge is 2.56. The highest BCUT2D eigenvalue weighted by atomic mass is 19.4. The van der Waals surface area contributed by atoms with E-state index in [2.05, 4.69) is 5.32 Å². The highest BCUT2D eigenvalue weighted by Crippen LogP contribution is 2.43. The monoisotopic (exact) mass is 529 g/mol. The summed E-state index contributed by atoms with van der Waals surface area (Å²) in [7, 11) is 1.72. The molecular formula is C26H29F6N3O2. The molecule has 0 unspecified atom stereocenters. The maximum atomic E-state index is 13.7. The molecule has 1 heterocycles. The second-order valence-corrected chi connectivity index (χ2v) is 9.62. The zero-order valence-electron chi connectivity index (χ0n) is 21.1. The fourth-order valence-corrected chi connectivity index (χ4v) is 4.79. The van der Waals surface area contributed by atoms with Crippen LogP contribution < -0.4 is 10.2 Å². The van der Waals surface area contributed by atoms with Gasteiger partial charge in [-0.05, 0) is 56.8 Å². The van der Waals surface area contributed by atoms with E-state index in [4.69, 9.17) is 0 Å². The number of aryl methyl sites for hydroxylation is 2. The molecule has 1 N–H and O–H groups in total. The Balaban J connectivity index is 2.09. The number of hydrogen-bond donors (Lipinski definition) is 1. The Bertz CT molecular complexity index is 1140. The molecule has 0 bridgehead atoms. The van der Waals surface area contributed by atoms with Crippen LogP contribution in [0.5, 0.6) is 0 Å². The van der Waals surface area contributed by atoms with Gasteiger partial charge >= 0.3 is 12.4 Å². The molecule has 11 heteroatoms. The number of anilines is 2. The van der Waals surface area contributed by atoms with Crippen molar-refractivity contribution >= 4 is 23.2 Å². The number of amides is 2. The zero-order valence-corrected chi connectivity index (χ0v) is 21.1. The van der Waals surface area contributed by atoms with Gasteiger partial charge in [-0.3, -0.25) is 9.59 Å². The summed E-state index contributed by atoms with van der Waals surface area (Å²) in [6, 6.07) is 6.40. The van der Waals surface area contributed by atoms with Crippen molar-refractivity contribution in [3.8, 4) is 0 Å². The van der Waals surface area contributed by atoms with E-state index >= 15 is 0 Å². The summed E-state index contributed by atoms with van der Waals surface area (Å²) in [5.41, 5.74) is -2.93. The van der Waals surface area contributed by atoms with Crippen LogP contribution in [0, 0.1) is 25.2 Å². The van der Waals surface area contributed by atoms with Crippen LogP contribution in [0.3, 0.4) is 0 Å². The van der Waals surface area contributed by atoms with E-state index in [0.29, 0.717) is 24.4 Å². The summed E-state index contributed by atoms with van der Waals surface area (Å²) in [5.74, 6) is -2.07. The number of nitrogens with zero attached hydrogens (tertiary/aromatic N) is 2. The Kier molecular flexibility index (Phi) is 7.70. The number of nitrogens with one attached hydrogen (secondary N) is 1. The first-order chi connectivity index (χ1) is 17.0. The number of carbonyl (C=O) groups excluding carboxylic acids is 2. The van der Waals surface area contributed by atoms with E-state index in [-0.39, 0.29) is 25.1 Å². The minimum absolute atomic E-state index is 0.000691. The van der Waals surface area contributed by atoms with Crippen LogP contribution in [0.1, 0.15) is 36.1 Å². The van der Waals surface area contributed by atoms with Gasteiger partial charge < -0.3 is 15.1 Å². The molecule has 202 valence electrons. The molecule has 0 radical (unpaired) electrons. The fraction of sp³-hybridized carbons (Fsp3) is 0.462. The fourth-order valence-electron chi connectivity index (χ4n) is 4.79. The van der Waals surface area contributed by atoms with Gasteiger partial charge in [0.15, 0.2) is 0 Å². The lowest BCUT2D eigenvalue weighted by atomic mass is 9.77. The quantitative estimate of drug-likeness (QED) is 0.474. The molecule has 0 saturated carbocycles. The van der Waals surface area contributed by atoms with E-state index in [1.807, 2.05) is 39.0 Å². The van der Waals surface area contributed by atoms with Crippen LogP contribution in [-0.2, 0) is 21.9 Å². The van der Waals surface area contributed by atoms with Gasteiger partial charge in [0, 0.05) is 24.5 Å². The molecule has 0 spiro atoms. The Morgan fingerprint density at radius 2 is 1.57 bits per heavy atom. The van der Waals surface area contributed by atoms with Crippen molar-refractivity contribution < 1.29 is 35.9 Å². The number of para-hydroxylation sites is 1. The number of rotatable bonds is 6. The van der Waals surface area contributed by atoms with Crippen molar-refractivity contribution in [2.75, 3.05) is 36.9 Å². The lowest BCUT2D eigenvalue weighted by Crippen LogP contribution is -2.50. The first-order valence-electron chi connectivity index (χ1n) is 11.7. The number of hydrogen-bond acceptors (Lipinski definition) is 3. The number of halogens is 6. The van der Waals surface area contributed by atoms with Crippen LogP contribution in [0.25, 0.3) is 0 Å². The third-order valence-electron chi connectivity index (χ3n) is 7.00.